The van der Waals surface area contributed by atoms with Gasteiger partial charge in [0.2, 0.25) is 0 Å². The Labute approximate surface area is 186 Å². The van der Waals surface area contributed by atoms with Gasteiger partial charge in [-0.15, -0.1) is 0 Å². The predicted molar refractivity (Wildman–Crippen MR) is 123 cm³/mol. The molecule has 2 aromatic rings. The molecule has 1 atom stereocenters. The highest BCUT2D eigenvalue weighted by molar-refractivity contribution is 5.43. The molecular weight excluding hydrogens is 392 g/mol. The maximum atomic E-state index is 9.67. The van der Waals surface area contributed by atoms with E-state index in [4.69, 9.17) is 14.6 Å². The van der Waals surface area contributed by atoms with E-state index >= 15 is 0 Å². The lowest BCUT2D eigenvalue weighted by molar-refractivity contribution is 0.0498. The Kier molecular flexibility index (Phi) is 8.72. The van der Waals surface area contributed by atoms with Crippen LogP contribution in [-0.4, -0.2) is 72.6 Å². The van der Waals surface area contributed by atoms with Gasteiger partial charge in [-0.25, -0.2) is 0 Å². The van der Waals surface area contributed by atoms with Gasteiger partial charge in [-0.2, -0.15) is 0 Å². The SMILES string of the molecule is COc1ccc(CN2CCN(Cc3cccc(OCCO)c3)C[C@@H]2CCO)c(C)c1C. The minimum Gasteiger partial charge on any atom is -0.496 e. The van der Waals surface area contributed by atoms with E-state index in [1.165, 1.54) is 22.3 Å². The normalized spacial score (nSPS) is 17.6. The standard InChI is InChI=1S/C25H36N2O4/c1-19-20(2)25(30-3)8-7-22(19)17-27-11-10-26(18-23(27)9-12-28)16-21-5-4-6-24(15-21)31-14-13-29/h4-8,15,23,28-29H,9-14,16-18H2,1-3H3/t23-/m0/s1. The van der Waals surface area contributed by atoms with Gasteiger partial charge in [0, 0.05) is 45.4 Å². The first-order chi connectivity index (χ1) is 15.0. The summed E-state index contributed by atoms with van der Waals surface area (Å²) in [4.78, 5) is 4.95. The van der Waals surface area contributed by atoms with Crippen LogP contribution in [0.3, 0.4) is 0 Å². The summed E-state index contributed by atoms with van der Waals surface area (Å²) < 4.78 is 11.0. The maximum absolute atomic E-state index is 9.67. The van der Waals surface area contributed by atoms with Gasteiger partial charge < -0.3 is 19.7 Å². The van der Waals surface area contributed by atoms with E-state index in [1.807, 2.05) is 18.2 Å². The minimum atomic E-state index is 0.0161. The monoisotopic (exact) mass is 428 g/mol. The van der Waals surface area contributed by atoms with Crippen LogP contribution in [0.1, 0.15) is 28.7 Å². The van der Waals surface area contributed by atoms with Crippen molar-refractivity contribution in [3.05, 3.63) is 58.7 Å². The molecule has 170 valence electrons. The van der Waals surface area contributed by atoms with Crippen molar-refractivity contribution in [1.82, 2.24) is 9.80 Å². The van der Waals surface area contributed by atoms with Gasteiger partial charge >= 0.3 is 0 Å². The summed E-state index contributed by atoms with van der Waals surface area (Å²) in [5, 5.41) is 18.6. The fourth-order valence-electron chi connectivity index (χ4n) is 4.35. The molecular formula is C25H36N2O4. The van der Waals surface area contributed by atoms with Crippen molar-refractivity contribution in [3.8, 4) is 11.5 Å². The Hall–Kier alpha value is -2.12. The second kappa shape index (κ2) is 11.5. The van der Waals surface area contributed by atoms with Crippen molar-refractivity contribution in [1.29, 1.82) is 0 Å². The van der Waals surface area contributed by atoms with Gasteiger partial charge in [0.1, 0.15) is 18.1 Å². The van der Waals surface area contributed by atoms with Gasteiger partial charge in [0.15, 0.2) is 0 Å². The average Bonchev–Trinajstić information content (AvgIpc) is 2.77. The first-order valence-electron chi connectivity index (χ1n) is 11.1. The van der Waals surface area contributed by atoms with E-state index in [2.05, 4.69) is 41.8 Å². The van der Waals surface area contributed by atoms with Crippen LogP contribution in [0.4, 0.5) is 0 Å². The van der Waals surface area contributed by atoms with E-state index in [1.54, 1.807) is 7.11 Å². The Morgan fingerprint density at radius 3 is 2.58 bits per heavy atom. The molecule has 1 aliphatic heterocycles. The number of benzene rings is 2. The van der Waals surface area contributed by atoms with Crippen LogP contribution in [0, 0.1) is 13.8 Å². The fraction of sp³-hybridized carbons (Fsp3) is 0.520. The second-order valence-electron chi connectivity index (χ2n) is 8.27. The van der Waals surface area contributed by atoms with E-state index in [0.717, 1.165) is 50.6 Å². The molecule has 0 aliphatic carbocycles. The van der Waals surface area contributed by atoms with Crippen molar-refractivity contribution < 1.29 is 19.7 Å². The van der Waals surface area contributed by atoms with Crippen LogP contribution < -0.4 is 9.47 Å². The number of piperazine rings is 1. The lowest BCUT2D eigenvalue weighted by Crippen LogP contribution is -2.52. The molecule has 1 aliphatic rings. The number of rotatable bonds is 10. The van der Waals surface area contributed by atoms with Gasteiger partial charge in [-0.05, 0) is 60.7 Å². The smallest absolute Gasteiger partial charge is 0.122 e. The van der Waals surface area contributed by atoms with Crippen LogP contribution >= 0.6 is 0 Å². The third-order valence-corrected chi connectivity index (χ3v) is 6.26. The van der Waals surface area contributed by atoms with Crippen LogP contribution in [0.15, 0.2) is 36.4 Å². The lowest BCUT2D eigenvalue weighted by Gasteiger charge is -2.41. The zero-order valence-electron chi connectivity index (χ0n) is 19.0. The first-order valence-corrected chi connectivity index (χ1v) is 11.1. The molecule has 0 amide bonds. The summed E-state index contributed by atoms with van der Waals surface area (Å²) >= 11 is 0. The lowest BCUT2D eigenvalue weighted by atomic mass is 10.00. The van der Waals surface area contributed by atoms with Crippen molar-refractivity contribution >= 4 is 0 Å². The Morgan fingerprint density at radius 1 is 1.00 bits per heavy atom. The average molecular weight is 429 g/mol. The molecule has 1 saturated heterocycles. The van der Waals surface area contributed by atoms with Gasteiger partial charge in [0.05, 0.1) is 13.7 Å². The number of methoxy groups -OCH3 is 1. The van der Waals surface area contributed by atoms with Crippen LogP contribution in [0.5, 0.6) is 11.5 Å². The Bertz CT molecular complexity index is 842. The first kappa shape index (κ1) is 23.5. The highest BCUT2D eigenvalue weighted by atomic mass is 16.5. The minimum absolute atomic E-state index is 0.0161. The molecule has 0 unspecified atom stereocenters. The molecule has 1 fully saturated rings. The molecule has 1 heterocycles. The molecule has 31 heavy (non-hydrogen) atoms. The number of aliphatic hydroxyl groups excluding tert-OH is 2. The molecule has 2 N–H and O–H groups in total. The Morgan fingerprint density at radius 2 is 1.84 bits per heavy atom. The number of aliphatic hydroxyl groups is 2. The molecule has 2 aromatic carbocycles. The van der Waals surface area contributed by atoms with E-state index < -0.39 is 0 Å². The fourth-order valence-corrected chi connectivity index (χ4v) is 4.35. The Balaban J connectivity index is 1.65. The molecule has 0 aromatic heterocycles. The zero-order chi connectivity index (χ0) is 22.2. The van der Waals surface area contributed by atoms with Gasteiger partial charge in [-0.1, -0.05) is 18.2 Å². The summed E-state index contributed by atoms with van der Waals surface area (Å²) in [5.41, 5.74) is 5.00. The number of nitrogens with zero attached hydrogens (tertiary/aromatic N) is 2. The third-order valence-electron chi connectivity index (χ3n) is 6.26. The van der Waals surface area contributed by atoms with Crippen LogP contribution in [0.2, 0.25) is 0 Å². The molecule has 0 saturated carbocycles. The number of hydrogen-bond acceptors (Lipinski definition) is 6. The highest BCUT2D eigenvalue weighted by Gasteiger charge is 2.27. The van der Waals surface area contributed by atoms with E-state index in [-0.39, 0.29) is 13.2 Å². The highest BCUT2D eigenvalue weighted by Crippen LogP contribution is 2.27. The van der Waals surface area contributed by atoms with Crippen molar-refractivity contribution in [2.75, 3.05) is 46.6 Å². The quantitative estimate of drug-likeness (QED) is 0.607. The molecule has 6 nitrogen and oxygen atoms in total. The van der Waals surface area contributed by atoms with Crippen molar-refractivity contribution in [2.24, 2.45) is 0 Å². The van der Waals surface area contributed by atoms with Crippen LogP contribution in [-0.2, 0) is 13.1 Å². The molecule has 3 rings (SSSR count). The third kappa shape index (κ3) is 6.20. The van der Waals surface area contributed by atoms with Gasteiger partial charge in [-0.3, -0.25) is 9.80 Å². The van der Waals surface area contributed by atoms with Crippen molar-refractivity contribution in [3.63, 3.8) is 0 Å². The summed E-state index contributed by atoms with van der Waals surface area (Å²) in [6, 6.07) is 12.6. The topological polar surface area (TPSA) is 65.4 Å². The molecule has 0 spiro atoms. The zero-order valence-corrected chi connectivity index (χ0v) is 19.0. The van der Waals surface area contributed by atoms with E-state index in [9.17, 15) is 5.11 Å². The number of hydrogen-bond donors (Lipinski definition) is 2. The summed E-state index contributed by atoms with van der Waals surface area (Å²) in [6.07, 6.45) is 0.768. The largest absolute Gasteiger partial charge is 0.496 e. The maximum Gasteiger partial charge on any atom is 0.122 e. The molecule has 6 heteroatoms. The van der Waals surface area contributed by atoms with E-state index in [0.29, 0.717) is 12.6 Å². The summed E-state index contributed by atoms with van der Waals surface area (Å²) in [6.45, 7) is 9.42. The molecule has 0 bridgehead atoms. The van der Waals surface area contributed by atoms with Crippen LogP contribution in [0.25, 0.3) is 0 Å². The van der Waals surface area contributed by atoms with Crippen molar-refractivity contribution in [2.45, 2.75) is 39.4 Å². The molecule has 0 radical (unpaired) electrons. The summed E-state index contributed by atoms with van der Waals surface area (Å²) in [7, 11) is 1.71. The predicted octanol–water partition coefficient (Wildman–Crippen LogP) is 2.75. The van der Waals surface area contributed by atoms with Gasteiger partial charge in [0.25, 0.3) is 0 Å². The second-order valence-corrected chi connectivity index (χ2v) is 8.27. The number of ether oxygens (including phenoxy) is 2. The summed E-state index contributed by atoms with van der Waals surface area (Å²) in [5.74, 6) is 1.73.